The molecule has 0 saturated carbocycles. The summed E-state index contributed by atoms with van der Waals surface area (Å²) < 4.78 is 1.50. The van der Waals surface area contributed by atoms with E-state index in [9.17, 15) is 14.9 Å². The molecule has 7 nitrogen and oxygen atoms in total. The number of aromatic nitrogens is 2. The molecule has 14 heavy (non-hydrogen) atoms. The van der Waals surface area contributed by atoms with Gasteiger partial charge < -0.3 is 19.8 Å². The Morgan fingerprint density at radius 1 is 1.71 bits per heavy atom. The molecule has 0 aromatic carbocycles. The van der Waals surface area contributed by atoms with E-state index in [1.165, 1.54) is 17.1 Å². The first-order valence-corrected chi connectivity index (χ1v) is 3.97. The third-order valence-electron chi connectivity index (χ3n) is 1.61. The normalized spacial score (nSPS) is 10.0. The van der Waals surface area contributed by atoms with Gasteiger partial charge in [-0.05, 0) is 16.3 Å². The van der Waals surface area contributed by atoms with Gasteiger partial charge in [-0.15, -0.1) is 0 Å². The van der Waals surface area contributed by atoms with E-state index in [1.807, 2.05) is 0 Å². The summed E-state index contributed by atoms with van der Waals surface area (Å²) >= 11 is 0. The number of carbonyl (C=O) groups is 1. The molecule has 0 amide bonds. The lowest BCUT2D eigenvalue weighted by Crippen LogP contribution is -1.99. The predicted molar refractivity (Wildman–Crippen MR) is 45.8 cm³/mol. The molecule has 0 aliphatic carbocycles. The van der Waals surface area contributed by atoms with Crippen molar-refractivity contribution in [3.8, 4) is 0 Å². The fraction of sp³-hybridized carbons (Fsp3) is 0.429. The monoisotopic (exact) mass is 199 g/mol. The lowest BCUT2D eigenvalue weighted by Gasteiger charge is -1.96. The van der Waals surface area contributed by atoms with E-state index < -0.39 is 10.9 Å². The summed E-state index contributed by atoms with van der Waals surface area (Å²) in [7, 11) is 0. The van der Waals surface area contributed by atoms with Gasteiger partial charge in [-0.2, -0.15) is 0 Å². The number of nitro groups is 1. The molecule has 0 bridgehead atoms. The van der Waals surface area contributed by atoms with Crippen LogP contribution in [-0.2, 0) is 11.3 Å². The smallest absolute Gasteiger partial charge is 0.381 e. The van der Waals surface area contributed by atoms with Crippen molar-refractivity contribution >= 4 is 11.8 Å². The third-order valence-corrected chi connectivity index (χ3v) is 1.61. The summed E-state index contributed by atoms with van der Waals surface area (Å²) in [5.41, 5.74) is 0. The minimum atomic E-state index is -0.875. The van der Waals surface area contributed by atoms with Gasteiger partial charge >= 0.3 is 11.8 Å². The Balaban J connectivity index is 2.44. The van der Waals surface area contributed by atoms with Crippen LogP contribution in [0.25, 0.3) is 0 Å². The van der Waals surface area contributed by atoms with Gasteiger partial charge in [0.15, 0.2) is 0 Å². The van der Waals surface area contributed by atoms with Crippen molar-refractivity contribution in [3.63, 3.8) is 0 Å². The van der Waals surface area contributed by atoms with Gasteiger partial charge in [0.05, 0.1) is 0 Å². The maximum Gasteiger partial charge on any atom is 0.381 e. The first-order chi connectivity index (χ1) is 6.59. The van der Waals surface area contributed by atoms with E-state index in [-0.39, 0.29) is 12.2 Å². The molecule has 0 fully saturated rings. The van der Waals surface area contributed by atoms with Gasteiger partial charge in [-0.1, -0.05) is 0 Å². The van der Waals surface area contributed by atoms with Crippen molar-refractivity contribution in [1.82, 2.24) is 9.55 Å². The molecule has 76 valence electrons. The fourth-order valence-corrected chi connectivity index (χ4v) is 0.978. The van der Waals surface area contributed by atoms with Crippen LogP contribution in [0.15, 0.2) is 12.5 Å². The lowest BCUT2D eigenvalue weighted by atomic mass is 10.3. The summed E-state index contributed by atoms with van der Waals surface area (Å²) in [4.78, 5) is 23.3. The second-order valence-electron chi connectivity index (χ2n) is 2.72. The highest BCUT2D eigenvalue weighted by atomic mass is 16.6. The molecule has 0 aliphatic rings. The van der Waals surface area contributed by atoms with Crippen LogP contribution >= 0.6 is 0 Å². The largest absolute Gasteiger partial charge is 0.481 e. The average molecular weight is 199 g/mol. The third kappa shape index (κ3) is 2.85. The molecule has 0 unspecified atom stereocenters. The van der Waals surface area contributed by atoms with Crippen LogP contribution in [0.1, 0.15) is 12.8 Å². The minimum absolute atomic E-state index is 0.0476. The van der Waals surface area contributed by atoms with Gasteiger partial charge in [0.25, 0.3) is 0 Å². The van der Waals surface area contributed by atoms with E-state index in [1.54, 1.807) is 0 Å². The molecule has 7 heteroatoms. The highest BCUT2D eigenvalue weighted by molar-refractivity contribution is 5.66. The maximum absolute atomic E-state index is 10.2. The van der Waals surface area contributed by atoms with Crippen molar-refractivity contribution in [3.05, 3.63) is 22.6 Å². The highest BCUT2D eigenvalue weighted by Gasteiger charge is 2.09. The number of rotatable bonds is 5. The maximum atomic E-state index is 10.2. The Labute approximate surface area is 79.1 Å². The molecule has 0 radical (unpaired) electrons. The molecule has 0 atom stereocenters. The van der Waals surface area contributed by atoms with Crippen LogP contribution in [0, 0.1) is 10.1 Å². The predicted octanol–water partition coefficient (Wildman–Crippen LogP) is 0.656. The van der Waals surface area contributed by atoms with Crippen LogP contribution in [0.2, 0.25) is 0 Å². The second kappa shape index (κ2) is 4.35. The molecule has 0 aliphatic heterocycles. The van der Waals surface area contributed by atoms with Crippen LogP contribution in [0.3, 0.4) is 0 Å². The van der Waals surface area contributed by atoms with E-state index in [0.717, 1.165) is 0 Å². The minimum Gasteiger partial charge on any atom is -0.481 e. The standard InChI is InChI=1S/C7H9N3O4/c11-7(12)2-1-3-9-4-6(8-5-9)10(13)14/h4-5H,1-3H2,(H,11,12). The van der Waals surface area contributed by atoms with Gasteiger partial charge in [0, 0.05) is 13.0 Å². The number of carboxylic acids is 1. The molecule has 0 saturated heterocycles. The van der Waals surface area contributed by atoms with Crippen LogP contribution < -0.4 is 0 Å². The van der Waals surface area contributed by atoms with Crippen LogP contribution in [0.4, 0.5) is 5.82 Å². The summed E-state index contributed by atoms with van der Waals surface area (Å²) in [5.74, 6) is -1.10. The van der Waals surface area contributed by atoms with Crippen molar-refractivity contribution in [2.24, 2.45) is 0 Å². The number of hydrogen-bond acceptors (Lipinski definition) is 4. The van der Waals surface area contributed by atoms with E-state index in [2.05, 4.69) is 4.98 Å². The van der Waals surface area contributed by atoms with E-state index >= 15 is 0 Å². The van der Waals surface area contributed by atoms with Gasteiger partial charge in [0.2, 0.25) is 6.33 Å². The zero-order chi connectivity index (χ0) is 10.6. The average Bonchev–Trinajstić information content (AvgIpc) is 2.52. The SMILES string of the molecule is O=C(O)CCCn1cnc([N+](=O)[O-])c1. The lowest BCUT2D eigenvalue weighted by molar-refractivity contribution is -0.389. The number of imidazole rings is 1. The Kier molecular flexibility index (Phi) is 3.16. The summed E-state index contributed by atoms with van der Waals surface area (Å²) in [6.07, 6.45) is 3.08. The van der Waals surface area contributed by atoms with Crippen molar-refractivity contribution in [1.29, 1.82) is 0 Å². The summed E-state index contributed by atoms with van der Waals surface area (Å²) in [6, 6.07) is 0. The molecule has 1 aromatic heterocycles. The van der Waals surface area contributed by atoms with Crippen molar-refractivity contribution < 1.29 is 14.8 Å². The van der Waals surface area contributed by atoms with Crippen molar-refractivity contribution in [2.75, 3.05) is 0 Å². The number of nitrogens with zero attached hydrogens (tertiary/aromatic N) is 3. The second-order valence-corrected chi connectivity index (χ2v) is 2.72. The first-order valence-electron chi connectivity index (χ1n) is 3.97. The summed E-state index contributed by atoms with van der Waals surface area (Å²) in [5, 5.41) is 18.6. The molecule has 0 spiro atoms. The molecule has 1 aromatic rings. The fourth-order valence-electron chi connectivity index (χ4n) is 0.978. The molecule has 1 N–H and O–H groups in total. The summed E-state index contributed by atoms with van der Waals surface area (Å²) in [6.45, 7) is 0.424. The first kappa shape index (κ1) is 10.2. The molecule has 1 rings (SSSR count). The number of carboxylic acid groups (broad SMARTS) is 1. The van der Waals surface area contributed by atoms with Gasteiger partial charge in [-0.3, -0.25) is 4.79 Å². The zero-order valence-corrected chi connectivity index (χ0v) is 7.29. The van der Waals surface area contributed by atoms with Crippen LogP contribution in [0.5, 0.6) is 0 Å². The number of aryl methyl sites for hydroxylation is 1. The highest BCUT2D eigenvalue weighted by Crippen LogP contribution is 2.06. The van der Waals surface area contributed by atoms with Gasteiger partial charge in [-0.25, -0.2) is 0 Å². The van der Waals surface area contributed by atoms with E-state index in [0.29, 0.717) is 13.0 Å². The molecular weight excluding hydrogens is 190 g/mol. The molecular formula is C7H9N3O4. The number of aliphatic carboxylic acids is 1. The zero-order valence-electron chi connectivity index (χ0n) is 7.29. The topological polar surface area (TPSA) is 98.3 Å². The Hall–Kier alpha value is -1.92. The Bertz CT molecular complexity index is 346. The Morgan fingerprint density at radius 3 is 2.93 bits per heavy atom. The van der Waals surface area contributed by atoms with Crippen LogP contribution in [-0.4, -0.2) is 25.6 Å². The molecule has 1 heterocycles. The Morgan fingerprint density at radius 2 is 2.43 bits per heavy atom. The number of hydrogen-bond donors (Lipinski definition) is 1. The van der Waals surface area contributed by atoms with Crippen molar-refractivity contribution in [2.45, 2.75) is 19.4 Å². The van der Waals surface area contributed by atoms with Gasteiger partial charge in [0.1, 0.15) is 6.20 Å². The van der Waals surface area contributed by atoms with E-state index in [4.69, 9.17) is 5.11 Å². The quantitative estimate of drug-likeness (QED) is 0.554.